The molecule has 1 aliphatic rings. The summed E-state index contributed by atoms with van der Waals surface area (Å²) in [5, 5.41) is 10.1. The molecular weight excluding hydrogens is 500 g/mol. The van der Waals surface area contributed by atoms with Crippen LogP contribution in [0.15, 0.2) is 23.2 Å². The van der Waals surface area contributed by atoms with Gasteiger partial charge in [0.05, 0.1) is 10.0 Å². The third-order valence-corrected chi connectivity index (χ3v) is 5.02. The number of piperidine rings is 1. The largest absolute Gasteiger partial charge is 0.355 e. The zero-order chi connectivity index (χ0) is 18.8. The third-order valence-electron chi connectivity index (χ3n) is 4.28. The van der Waals surface area contributed by atoms with Gasteiger partial charge >= 0.3 is 0 Å². The number of benzene rings is 1. The number of hydrogen-bond donors (Lipinski definition) is 3. The van der Waals surface area contributed by atoms with Gasteiger partial charge in [0.25, 0.3) is 5.91 Å². The van der Waals surface area contributed by atoms with Gasteiger partial charge in [-0.05, 0) is 44.1 Å². The predicted molar refractivity (Wildman–Crippen MR) is 124 cm³/mol. The Labute approximate surface area is 188 Å². The van der Waals surface area contributed by atoms with Gasteiger partial charge in [-0.15, -0.1) is 24.0 Å². The Morgan fingerprint density at radius 1 is 1.04 bits per heavy atom. The van der Waals surface area contributed by atoms with Crippen LogP contribution < -0.4 is 16.0 Å². The summed E-state index contributed by atoms with van der Waals surface area (Å²) >= 11 is 11.8. The molecule has 1 amide bonds. The number of amides is 1. The molecule has 0 bridgehead atoms. The predicted octanol–water partition coefficient (Wildman–Crippen LogP) is 2.99. The van der Waals surface area contributed by atoms with E-state index in [2.05, 4.69) is 25.8 Å². The highest BCUT2D eigenvalue weighted by Crippen LogP contribution is 2.22. The number of nitrogens with zero attached hydrogens (tertiary/aromatic N) is 2. The lowest BCUT2D eigenvalue weighted by Crippen LogP contribution is -2.44. The highest BCUT2D eigenvalue weighted by molar-refractivity contribution is 14.0. The van der Waals surface area contributed by atoms with Crippen molar-refractivity contribution in [3.05, 3.63) is 33.8 Å². The molecule has 1 aliphatic heterocycles. The van der Waals surface area contributed by atoms with Gasteiger partial charge < -0.3 is 20.9 Å². The summed E-state index contributed by atoms with van der Waals surface area (Å²) in [7, 11) is 1.74. The smallest absolute Gasteiger partial charge is 0.251 e. The Hall–Kier alpha value is -0.770. The minimum Gasteiger partial charge on any atom is -0.355 e. The maximum Gasteiger partial charge on any atom is 0.251 e. The Morgan fingerprint density at radius 2 is 1.70 bits per heavy atom. The first kappa shape index (κ1) is 24.3. The fourth-order valence-corrected chi connectivity index (χ4v) is 3.13. The number of likely N-dealkylation sites (tertiary alicyclic amines) is 1. The van der Waals surface area contributed by atoms with Crippen molar-refractivity contribution in [2.75, 3.05) is 46.3 Å². The maximum absolute atomic E-state index is 12.1. The van der Waals surface area contributed by atoms with Crippen LogP contribution in [-0.4, -0.2) is 63.1 Å². The van der Waals surface area contributed by atoms with E-state index in [1.54, 1.807) is 25.2 Å². The molecule has 1 saturated heterocycles. The number of halogens is 3. The first-order valence-electron chi connectivity index (χ1n) is 9.00. The van der Waals surface area contributed by atoms with Crippen molar-refractivity contribution < 1.29 is 4.79 Å². The lowest BCUT2D eigenvalue weighted by molar-refractivity contribution is 0.0954. The number of nitrogens with one attached hydrogen (secondary N) is 3. The van der Waals surface area contributed by atoms with E-state index in [0.29, 0.717) is 28.7 Å². The maximum atomic E-state index is 12.1. The van der Waals surface area contributed by atoms with Crippen molar-refractivity contribution in [1.29, 1.82) is 0 Å². The summed E-state index contributed by atoms with van der Waals surface area (Å²) in [6.07, 6.45) is 3.94. The van der Waals surface area contributed by atoms with Gasteiger partial charge in [-0.2, -0.15) is 0 Å². The van der Waals surface area contributed by atoms with Gasteiger partial charge in [0.2, 0.25) is 0 Å². The second-order valence-electron chi connectivity index (χ2n) is 6.21. The second kappa shape index (κ2) is 13.4. The summed E-state index contributed by atoms with van der Waals surface area (Å²) in [5.41, 5.74) is 0.489. The van der Waals surface area contributed by atoms with Gasteiger partial charge in [0.15, 0.2) is 5.96 Å². The topological polar surface area (TPSA) is 68.8 Å². The highest BCUT2D eigenvalue weighted by Gasteiger charge is 2.10. The van der Waals surface area contributed by atoms with Gasteiger partial charge in [0.1, 0.15) is 0 Å². The standard InChI is InChI=1S/C18H27Cl2N5O.HI/c1-21-18(24-9-12-25-10-3-2-4-11-25)23-8-7-22-17(26)14-5-6-15(19)16(20)13-14;/h5-6,13H,2-4,7-12H2,1H3,(H,22,26)(H2,21,23,24);1H. The fraction of sp³-hybridized carbons (Fsp3) is 0.556. The normalized spacial score (nSPS) is 15.0. The molecule has 1 aromatic rings. The van der Waals surface area contributed by atoms with Crippen molar-refractivity contribution >= 4 is 59.0 Å². The quantitative estimate of drug-likeness (QED) is 0.221. The Morgan fingerprint density at radius 3 is 2.37 bits per heavy atom. The highest BCUT2D eigenvalue weighted by atomic mass is 127. The number of hydrogen-bond acceptors (Lipinski definition) is 3. The monoisotopic (exact) mass is 527 g/mol. The number of aliphatic imine (C=N–C) groups is 1. The average molecular weight is 528 g/mol. The van der Waals surface area contributed by atoms with Crippen molar-refractivity contribution in [3.63, 3.8) is 0 Å². The Balaban J connectivity index is 0.00000364. The summed E-state index contributed by atoms with van der Waals surface area (Å²) in [6, 6.07) is 4.83. The van der Waals surface area contributed by atoms with Crippen LogP contribution in [0.25, 0.3) is 0 Å². The molecule has 27 heavy (non-hydrogen) atoms. The molecular formula is C18H28Cl2IN5O. The molecule has 3 N–H and O–H groups in total. The lowest BCUT2D eigenvalue weighted by Gasteiger charge is -2.26. The van der Waals surface area contributed by atoms with Crippen LogP contribution in [0.1, 0.15) is 29.6 Å². The van der Waals surface area contributed by atoms with E-state index in [9.17, 15) is 4.79 Å². The first-order chi connectivity index (χ1) is 12.6. The first-order valence-corrected chi connectivity index (χ1v) is 9.76. The van der Waals surface area contributed by atoms with E-state index >= 15 is 0 Å². The van der Waals surface area contributed by atoms with Crippen LogP contribution in [0.5, 0.6) is 0 Å². The summed E-state index contributed by atoms with van der Waals surface area (Å²) in [6.45, 7) is 5.31. The van der Waals surface area contributed by atoms with Crippen molar-refractivity contribution in [3.8, 4) is 0 Å². The molecule has 0 aromatic heterocycles. The molecule has 1 aromatic carbocycles. The Kier molecular flexibility index (Phi) is 12.1. The molecule has 0 saturated carbocycles. The minimum absolute atomic E-state index is 0. The molecule has 9 heteroatoms. The van der Waals surface area contributed by atoms with Gasteiger partial charge in [-0.25, -0.2) is 0 Å². The number of rotatable bonds is 7. The van der Waals surface area contributed by atoms with E-state index in [1.807, 2.05) is 0 Å². The van der Waals surface area contributed by atoms with Gasteiger partial charge in [-0.1, -0.05) is 29.6 Å². The van der Waals surface area contributed by atoms with Crippen LogP contribution in [0, 0.1) is 0 Å². The van der Waals surface area contributed by atoms with E-state index in [-0.39, 0.29) is 29.9 Å². The summed E-state index contributed by atoms with van der Waals surface area (Å²) in [5.74, 6) is 0.559. The molecule has 0 atom stereocenters. The SMILES string of the molecule is CN=C(NCCNC(=O)c1ccc(Cl)c(Cl)c1)NCCN1CCCCC1.I. The van der Waals surface area contributed by atoms with Crippen LogP contribution in [0.2, 0.25) is 10.0 Å². The van der Waals surface area contributed by atoms with Gasteiger partial charge in [-0.3, -0.25) is 9.79 Å². The number of guanidine groups is 1. The van der Waals surface area contributed by atoms with Gasteiger partial charge in [0, 0.05) is 38.8 Å². The molecule has 1 fully saturated rings. The van der Waals surface area contributed by atoms with Crippen LogP contribution in [0.3, 0.4) is 0 Å². The zero-order valence-electron chi connectivity index (χ0n) is 15.6. The number of carbonyl (C=O) groups is 1. The zero-order valence-corrected chi connectivity index (χ0v) is 19.4. The number of carbonyl (C=O) groups excluding carboxylic acids is 1. The molecule has 0 aliphatic carbocycles. The van der Waals surface area contributed by atoms with Crippen LogP contribution >= 0.6 is 47.2 Å². The lowest BCUT2D eigenvalue weighted by atomic mass is 10.1. The molecule has 0 radical (unpaired) electrons. The van der Waals surface area contributed by atoms with E-state index in [0.717, 1.165) is 19.0 Å². The van der Waals surface area contributed by atoms with E-state index in [1.165, 1.54) is 32.4 Å². The van der Waals surface area contributed by atoms with E-state index < -0.39 is 0 Å². The van der Waals surface area contributed by atoms with Crippen molar-refractivity contribution in [1.82, 2.24) is 20.9 Å². The van der Waals surface area contributed by atoms with E-state index in [4.69, 9.17) is 23.2 Å². The molecule has 1 heterocycles. The molecule has 2 rings (SSSR count). The van der Waals surface area contributed by atoms with Crippen molar-refractivity contribution in [2.45, 2.75) is 19.3 Å². The molecule has 0 spiro atoms. The summed E-state index contributed by atoms with van der Waals surface area (Å²) in [4.78, 5) is 18.7. The molecule has 152 valence electrons. The second-order valence-corrected chi connectivity index (χ2v) is 7.03. The Bertz CT molecular complexity index is 624. The molecule has 6 nitrogen and oxygen atoms in total. The summed E-state index contributed by atoms with van der Waals surface area (Å²) < 4.78 is 0. The van der Waals surface area contributed by atoms with Crippen LogP contribution in [-0.2, 0) is 0 Å². The average Bonchev–Trinajstić information content (AvgIpc) is 2.66. The van der Waals surface area contributed by atoms with Crippen molar-refractivity contribution in [2.24, 2.45) is 4.99 Å². The molecule has 0 unspecified atom stereocenters. The minimum atomic E-state index is -0.182. The van der Waals surface area contributed by atoms with Crippen LogP contribution in [0.4, 0.5) is 0 Å². The third kappa shape index (κ3) is 8.85. The fourth-order valence-electron chi connectivity index (χ4n) is 2.83.